The molecule has 0 heterocycles. The lowest BCUT2D eigenvalue weighted by Gasteiger charge is -2.00. The van der Waals surface area contributed by atoms with Gasteiger partial charge < -0.3 is 5.32 Å². The van der Waals surface area contributed by atoms with E-state index in [1.54, 1.807) is 6.08 Å². The Bertz CT molecular complexity index is 282. The second kappa shape index (κ2) is 5.20. The molecule has 13 heavy (non-hydrogen) atoms. The zero-order chi connectivity index (χ0) is 9.52. The van der Waals surface area contributed by atoms with Crippen LogP contribution < -0.4 is 5.32 Å². The molecule has 1 aromatic carbocycles. The Labute approximate surface area is 79.8 Å². The minimum absolute atomic E-state index is 0.866. The molecule has 0 unspecified atom stereocenters. The summed E-state index contributed by atoms with van der Waals surface area (Å²) >= 11 is 0. The van der Waals surface area contributed by atoms with Gasteiger partial charge in [-0.05, 0) is 24.8 Å². The molecule has 0 amide bonds. The quantitative estimate of drug-likeness (QED) is 0.690. The normalized spacial score (nSPS) is 10.2. The predicted octanol–water partition coefficient (Wildman–Crippen LogP) is 2.78. The lowest BCUT2D eigenvalue weighted by molar-refractivity contribution is 0.869. The standard InChI is InChI=1S/C12H15N/c1-3-4-9-13-10-12-7-5-11(2)6-8-12/h3-9,13H,1,10H2,2H3/b9-4-. The molecule has 0 saturated heterocycles. The van der Waals surface area contributed by atoms with Gasteiger partial charge in [0.1, 0.15) is 0 Å². The summed E-state index contributed by atoms with van der Waals surface area (Å²) in [6.45, 7) is 6.55. The molecule has 0 spiro atoms. The largest absolute Gasteiger partial charge is 0.387 e. The third-order valence-corrected chi connectivity index (χ3v) is 1.78. The Morgan fingerprint density at radius 1 is 1.31 bits per heavy atom. The highest BCUT2D eigenvalue weighted by Crippen LogP contribution is 2.02. The van der Waals surface area contributed by atoms with Crippen molar-refractivity contribution < 1.29 is 0 Å². The van der Waals surface area contributed by atoms with Gasteiger partial charge in [-0.25, -0.2) is 0 Å². The molecule has 1 rings (SSSR count). The molecule has 1 nitrogen and oxygen atoms in total. The molecule has 0 aromatic heterocycles. The van der Waals surface area contributed by atoms with Crippen molar-refractivity contribution in [2.24, 2.45) is 0 Å². The van der Waals surface area contributed by atoms with Crippen molar-refractivity contribution in [3.8, 4) is 0 Å². The van der Waals surface area contributed by atoms with Gasteiger partial charge in [0.05, 0.1) is 0 Å². The molecular formula is C12H15N. The van der Waals surface area contributed by atoms with Gasteiger partial charge in [-0.2, -0.15) is 0 Å². The Morgan fingerprint density at radius 2 is 2.00 bits per heavy atom. The highest BCUT2D eigenvalue weighted by molar-refractivity contribution is 5.21. The van der Waals surface area contributed by atoms with E-state index in [0.29, 0.717) is 0 Å². The third kappa shape index (κ3) is 3.61. The number of benzene rings is 1. The summed E-state index contributed by atoms with van der Waals surface area (Å²) in [5.74, 6) is 0. The van der Waals surface area contributed by atoms with Crippen molar-refractivity contribution in [1.29, 1.82) is 0 Å². The molecule has 0 atom stereocenters. The number of hydrogen-bond acceptors (Lipinski definition) is 1. The molecule has 1 heteroatoms. The van der Waals surface area contributed by atoms with E-state index < -0.39 is 0 Å². The van der Waals surface area contributed by atoms with Gasteiger partial charge in [0.15, 0.2) is 0 Å². The summed E-state index contributed by atoms with van der Waals surface area (Å²) in [7, 11) is 0. The van der Waals surface area contributed by atoms with Crippen LogP contribution in [0.4, 0.5) is 0 Å². The maximum atomic E-state index is 3.59. The minimum Gasteiger partial charge on any atom is -0.387 e. The Balaban J connectivity index is 2.41. The summed E-state index contributed by atoms with van der Waals surface area (Å²) in [6, 6.07) is 8.50. The van der Waals surface area contributed by atoms with Gasteiger partial charge in [0.25, 0.3) is 0 Å². The number of nitrogens with one attached hydrogen (secondary N) is 1. The summed E-state index contributed by atoms with van der Waals surface area (Å²) in [5.41, 5.74) is 2.59. The zero-order valence-electron chi connectivity index (χ0n) is 7.96. The van der Waals surface area contributed by atoms with E-state index >= 15 is 0 Å². The molecule has 68 valence electrons. The summed E-state index contributed by atoms with van der Waals surface area (Å²) < 4.78 is 0. The maximum absolute atomic E-state index is 3.59. The third-order valence-electron chi connectivity index (χ3n) is 1.78. The van der Waals surface area contributed by atoms with Crippen molar-refractivity contribution in [2.75, 3.05) is 0 Å². The molecule has 0 aliphatic rings. The summed E-state index contributed by atoms with van der Waals surface area (Å²) in [6.07, 6.45) is 5.53. The van der Waals surface area contributed by atoms with Crippen molar-refractivity contribution in [3.05, 3.63) is 60.3 Å². The zero-order valence-corrected chi connectivity index (χ0v) is 7.96. The molecule has 0 bridgehead atoms. The summed E-state index contributed by atoms with van der Waals surface area (Å²) in [5, 5.41) is 3.17. The van der Waals surface area contributed by atoms with E-state index in [2.05, 4.69) is 43.1 Å². The lowest BCUT2D eigenvalue weighted by atomic mass is 10.1. The average molecular weight is 173 g/mol. The first-order valence-corrected chi connectivity index (χ1v) is 4.39. The molecule has 0 radical (unpaired) electrons. The molecule has 0 aliphatic carbocycles. The van der Waals surface area contributed by atoms with E-state index in [9.17, 15) is 0 Å². The first-order chi connectivity index (χ1) is 6.33. The van der Waals surface area contributed by atoms with E-state index in [1.807, 2.05) is 12.3 Å². The monoisotopic (exact) mass is 173 g/mol. The van der Waals surface area contributed by atoms with E-state index in [1.165, 1.54) is 11.1 Å². The van der Waals surface area contributed by atoms with Gasteiger partial charge >= 0.3 is 0 Å². The second-order valence-corrected chi connectivity index (χ2v) is 2.96. The Kier molecular flexibility index (Phi) is 3.83. The number of hydrogen-bond donors (Lipinski definition) is 1. The molecule has 0 saturated carbocycles. The first kappa shape index (κ1) is 9.59. The molecule has 0 fully saturated rings. The van der Waals surface area contributed by atoms with Crippen LogP contribution in [0.2, 0.25) is 0 Å². The van der Waals surface area contributed by atoms with Crippen molar-refractivity contribution >= 4 is 0 Å². The highest BCUT2D eigenvalue weighted by Gasteiger charge is 1.88. The molecule has 1 N–H and O–H groups in total. The fourth-order valence-corrected chi connectivity index (χ4v) is 1.02. The van der Waals surface area contributed by atoms with E-state index in [-0.39, 0.29) is 0 Å². The number of rotatable bonds is 4. The van der Waals surface area contributed by atoms with Crippen LogP contribution in [0.5, 0.6) is 0 Å². The van der Waals surface area contributed by atoms with Gasteiger partial charge in [0, 0.05) is 6.54 Å². The van der Waals surface area contributed by atoms with Crippen LogP contribution in [0.3, 0.4) is 0 Å². The Hall–Kier alpha value is -1.50. The second-order valence-electron chi connectivity index (χ2n) is 2.96. The topological polar surface area (TPSA) is 12.0 Å². The summed E-state index contributed by atoms with van der Waals surface area (Å²) in [4.78, 5) is 0. The van der Waals surface area contributed by atoms with Gasteiger partial charge in [-0.15, -0.1) is 0 Å². The molecular weight excluding hydrogens is 158 g/mol. The smallest absolute Gasteiger partial charge is 0.0395 e. The van der Waals surface area contributed by atoms with E-state index in [4.69, 9.17) is 0 Å². The van der Waals surface area contributed by atoms with Gasteiger partial charge in [-0.1, -0.05) is 42.5 Å². The number of allylic oxidation sites excluding steroid dienone is 2. The van der Waals surface area contributed by atoms with Crippen molar-refractivity contribution in [2.45, 2.75) is 13.5 Å². The van der Waals surface area contributed by atoms with Crippen LogP contribution >= 0.6 is 0 Å². The molecule has 1 aromatic rings. The maximum Gasteiger partial charge on any atom is 0.0395 e. The predicted molar refractivity (Wildman–Crippen MR) is 57.4 cm³/mol. The highest BCUT2D eigenvalue weighted by atomic mass is 14.8. The van der Waals surface area contributed by atoms with Crippen molar-refractivity contribution in [3.63, 3.8) is 0 Å². The first-order valence-electron chi connectivity index (χ1n) is 4.39. The number of aryl methyl sites for hydroxylation is 1. The minimum atomic E-state index is 0.866. The van der Waals surface area contributed by atoms with Crippen LogP contribution in [0.1, 0.15) is 11.1 Å². The fraction of sp³-hybridized carbons (Fsp3) is 0.167. The van der Waals surface area contributed by atoms with Crippen LogP contribution in [0.15, 0.2) is 49.2 Å². The lowest BCUT2D eigenvalue weighted by Crippen LogP contribution is -2.03. The van der Waals surface area contributed by atoms with Crippen molar-refractivity contribution in [1.82, 2.24) is 5.32 Å². The average Bonchev–Trinajstić information content (AvgIpc) is 2.15. The van der Waals surface area contributed by atoms with Gasteiger partial charge in [-0.3, -0.25) is 0 Å². The van der Waals surface area contributed by atoms with Crippen LogP contribution in [-0.2, 0) is 6.54 Å². The van der Waals surface area contributed by atoms with Gasteiger partial charge in [0.2, 0.25) is 0 Å². The van der Waals surface area contributed by atoms with Crippen LogP contribution in [0, 0.1) is 6.92 Å². The van der Waals surface area contributed by atoms with E-state index in [0.717, 1.165) is 6.54 Å². The molecule has 0 aliphatic heterocycles. The van der Waals surface area contributed by atoms with Crippen LogP contribution in [-0.4, -0.2) is 0 Å². The fourth-order valence-electron chi connectivity index (χ4n) is 1.02. The SMILES string of the molecule is C=C/C=C\NCc1ccc(C)cc1. The Morgan fingerprint density at radius 3 is 2.62 bits per heavy atom. The van der Waals surface area contributed by atoms with Crippen LogP contribution in [0.25, 0.3) is 0 Å².